The van der Waals surface area contributed by atoms with Gasteiger partial charge in [-0.3, -0.25) is 4.79 Å². The number of ether oxygens (including phenoxy) is 1. The Morgan fingerprint density at radius 1 is 1.15 bits per heavy atom. The first-order valence-electron chi connectivity index (χ1n) is 7.97. The van der Waals surface area contributed by atoms with Crippen LogP contribution >= 0.6 is 34.5 Å². The molecule has 2 aromatic carbocycles. The number of aryl methyl sites for hydroxylation is 1. The van der Waals surface area contributed by atoms with Crippen LogP contribution in [0.1, 0.15) is 26.4 Å². The average Bonchev–Trinajstić information content (AvgIpc) is 3.07. The fourth-order valence-electron chi connectivity index (χ4n) is 2.43. The van der Waals surface area contributed by atoms with Gasteiger partial charge in [0.15, 0.2) is 0 Å². The summed E-state index contributed by atoms with van der Waals surface area (Å²) in [4.78, 5) is 13.1. The number of carbonyl (C=O) groups is 1. The Morgan fingerprint density at radius 3 is 2.73 bits per heavy atom. The predicted molar refractivity (Wildman–Crippen MR) is 109 cm³/mol. The van der Waals surface area contributed by atoms with E-state index >= 15 is 0 Å². The molecular weight excluding hydrogens is 389 g/mol. The Kier molecular flexibility index (Phi) is 5.87. The summed E-state index contributed by atoms with van der Waals surface area (Å²) in [6.07, 6.45) is 0. The lowest BCUT2D eigenvalue weighted by Crippen LogP contribution is -2.11. The van der Waals surface area contributed by atoms with Crippen LogP contribution in [0, 0.1) is 13.8 Å². The number of rotatable bonds is 5. The normalized spacial score (nSPS) is 10.6. The van der Waals surface area contributed by atoms with Crippen LogP contribution in [-0.2, 0) is 6.61 Å². The van der Waals surface area contributed by atoms with Crippen LogP contribution in [0.3, 0.4) is 0 Å². The second kappa shape index (κ2) is 8.12. The summed E-state index contributed by atoms with van der Waals surface area (Å²) < 4.78 is 5.82. The van der Waals surface area contributed by atoms with Gasteiger partial charge in [0.2, 0.25) is 0 Å². The zero-order valence-electron chi connectivity index (χ0n) is 14.3. The zero-order valence-corrected chi connectivity index (χ0v) is 16.6. The lowest BCUT2D eigenvalue weighted by Gasteiger charge is -2.09. The van der Waals surface area contributed by atoms with Crippen molar-refractivity contribution in [1.82, 2.24) is 0 Å². The summed E-state index contributed by atoms with van der Waals surface area (Å²) in [5, 5.41) is 6.13. The molecule has 1 N–H and O–H groups in total. The topological polar surface area (TPSA) is 38.3 Å². The molecule has 0 aliphatic rings. The number of nitrogens with one attached hydrogen (secondary N) is 1. The Bertz CT molecular complexity index is 953. The van der Waals surface area contributed by atoms with Crippen molar-refractivity contribution in [3.8, 4) is 5.75 Å². The lowest BCUT2D eigenvalue weighted by molar-refractivity contribution is 0.103. The predicted octanol–water partition coefficient (Wildman–Crippen LogP) is 6.50. The lowest BCUT2D eigenvalue weighted by atomic mass is 10.2. The summed E-state index contributed by atoms with van der Waals surface area (Å²) in [5.41, 5.74) is 3.48. The molecule has 3 aromatic rings. The van der Waals surface area contributed by atoms with Gasteiger partial charge in [0.25, 0.3) is 5.91 Å². The van der Waals surface area contributed by atoms with Gasteiger partial charge in [0, 0.05) is 21.3 Å². The molecule has 26 heavy (non-hydrogen) atoms. The first-order chi connectivity index (χ1) is 12.4. The number of hydrogen-bond donors (Lipinski definition) is 1. The third-order valence-corrected chi connectivity index (χ3v) is 5.55. The second-order valence-corrected chi connectivity index (χ2v) is 7.64. The van der Waals surface area contributed by atoms with Gasteiger partial charge < -0.3 is 10.1 Å². The van der Waals surface area contributed by atoms with Crippen molar-refractivity contribution in [3.63, 3.8) is 0 Å². The molecular formula is C20H17Cl2NO2S. The molecule has 0 aliphatic carbocycles. The SMILES string of the molecule is Cc1cc(Cl)ccc1OCc1csc(C(=O)Nc2cccc(Cl)c2C)c1. The minimum atomic E-state index is -0.158. The Labute approximate surface area is 166 Å². The monoisotopic (exact) mass is 405 g/mol. The van der Waals surface area contributed by atoms with Gasteiger partial charge in [-0.15, -0.1) is 11.3 Å². The van der Waals surface area contributed by atoms with Gasteiger partial charge in [0.05, 0.1) is 4.88 Å². The smallest absolute Gasteiger partial charge is 0.265 e. The number of carbonyl (C=O) groups excluding carboxylic acids is 1. The Balaban J connectivity index is 1.65. The molecule has 1 heterocycles. The van der Waals surface area contributed by atoms with Crippen molar-refractivity contribution in [2.75, 3.05) is 5.32 Å². The van der Waals surface area contributed by atoms with E-state index in [4.69, 9.17) is 27.9 Å². The van der Waals surface area contributed by atoms with Crippen molar-refractivity contribution in [2.45, 2.75) is 20.5 Å². The summed E-state index contributed by atoms with van der Waals surface area (Å²) >= 11 is 13.4. The van der Waals surface area contributed by atoms with Crippen LogP contribution in [0.4, 0.5) is 5.69 Å². The van der Waals surface area contributed by atoms with Crippen molar-refractivity contribution in [1.29, 1.82) is 0 Å². The van der Waals surface area contributed by atoms with E-state index in [1.807, 2.05) is 49.6 Å². The first kappa shape index (κ1) is 18.8. The molecule has 0 radical (unpaired) electrons. The molecule has 1 aromatic heterocycles. The van der Waals surface area contributed by atoms with E-state index < -0.39 is 0 Å². The maximum absolute atomic E-state index is 12.5. The number of hydrogen-bond acceptors (Lipinski definition) is 3. The molecule has 0 saturated carbocycles. The molecule has 1 amide bonds. The van der Waals surface area contributed by atoms with Gasteiger partial charge in [-0.25, -0.2) is 0 Å². The number of amides is 1. The molecule has 6 heteroatoms. The van der Waals surface area contributed by atoms with Gasteiger partial charge in [0.1, 0.15) is 12.4 Å². The highest BCUT2D eigenvalue weighted by atomic mass is 35.5. The van der Waals surface area contributed by atoms with E-state index in [0.29, 0.717) is 27.2 Å². The second-order valence-electron chi connectivity index (χ2n) is 5.88. The van der Waals surface area contributed by atoms with Gasteiger partial charge in [-0.05, 0) is 66.8 Å². The van der Waals surface area contributed by atoms with E-state index in [0.717, 1.165) is 22.4 Å². The quantitative estimate of drug-likeness (QED) is 0.525. The Morgan fingerprint density at radius 2 is 1.96 bits per heavy atom. The van der Waals surface area contributed by atoms with E-state index in [9.17, 15) is 4.79 Å². The third-order valence-electron chi connectivity index (χ3n) is 3.92. The van der Waals surface area contributed by atoms with Crippen molar-refractivity contribution >= 4 is 46.1 Å². The number of halogens is 2. The number of benzene rings is 2. The maximum Gasteiger partial charge on any atom is 0.265 e. The minimum absolute atomic E-state index is 0.158. The zero-order chi connectivity index (χ0) is 18.7. The van der Waals surface area contributed by atoms with E-state index in [1.165, 1.54) is 11.3 Å². The molecule has 3 nitrogen and oxygen atoms in total. The Hall–Kier alpha value is -2.01. The third kappa shape index (κ3) is 4.39. The van der Waals surface area contributed by atoms with Gasteiger partial charge in [-0.1, -0.05) is 29.3 Å². The van der Waals surface area contributed by atoms with E-state index in [2.05, 4.69) is 5.32 Å². The van der Waals surface area contributed by atoms with E-state index in [-0.39, 0.29) is 5.91 Å². The van der Waals surface area contributed by atoms with Crippen molar-refractivity contribution < 1.29 is 9.53 Å². The van der Waals surface area contributed by atoms with Gasteiger partial charge >= 0.3 is 0 Å². The maximum atomic E-state index is 12.5. The molecule has 0 aliphatic heterocycles. The minimum Gasteiger partial charge on any atom is -0.489 e. The van der Waals surface area contributed by atoms with Crippen molar-refractivity contribution in [2.24, 2.45) is 0 Å². The van der Waals surface area contributed by atoms with Crippen LogP contribution in [0.25, 0.3) is 0 Å². The number of thiophene rings is 1. The van der Waals surface area contributed by atoms with Crippen molar-refractivity contribution in [3.05, 3.63) is 79.5 Å². The van der Waals surface area contributed by atoms with Crippen LogP contribution in [0.2, 0.25) is 10.0 Å². The van der Waals surface area contributed by atoms with Crippen LogP contribution < -0.4 is 10.1 Å². The molecule has 0 fully saturated rings. The fourth-order valence-corrected chi connectivity index (χ4v) is 3.63. The summed E-state index contributed by atoms with van der Waals surface area (Å²) in [6.45, 7) is 4.21. The van der Waals surface area contributed by atoms with Crippen LogP contribution in [0.15, 0.2) is 47.8 Å². The molecule has 0 atom stereocenters. The standard InChI is InChI=1S/C20H17Cl2NO2S/c1-12-8-15(21)6-7-18(12)25-10-14-9-19(26-11-14)20(24)23-17-5-3-4-16(22)13(17)2/h3-9,11H,10H2,1-2H3,(H,23,24). The largest absolute Gasteiger partial charge is 0.489 e. The highest BCUT2D eigenvalue weighted by Crippen LogP contribution is 2.26. The molecule has 3 rings (SSSR count). The molecule has 0 unspecified atom stereocenters. The van der Waals surface area contributed by atoms with Crippen LogP contribution in [0.5, 0.6) is 5.75 Å². The molecule has 0 saturated heterocycles. The van der Waals surface area contributed by atoms with E-state index in [1.54, 1.807) is 12.1 Å². The first-order valence-corrected chi connectivity index (χ1v) is 9.60. The van der Waals surface area contributed by atoms with Crippen LogP contribution in [-0.4, -0.2) is 5.91 Å². The highest BCUT2D eigenvalue weighted by Gasteiger charge is 2.12. The summed E-state index contributed by atoms with van der Waals surface area (Å²) in [5.74, 6) is 0.621. The summed E-state index contributed by atoms with van der Waals surface area (Å²) in [6, 6.07) is 12.8. The summed E-state index contributed by atoms with van der Waals surface area (Å²) in [7, 11) is 0. The number of anilines is 1. The highest BCUT2D eigenvalue weighted by molar-refractivity contribution is 7.12. The average molecular weight is 406 g/mol. The fraction of sp³-hybridized carbons (Fsp3) is 0.150. The molecule has 134 valence electrons. The molecule has 0 bridgehead atoms. The molecule has 0 spiro atoms. The van der Waals surface area contributed by atoms with Gasteiger partial charge in [-0.2, -0.15) is 0 Å².